The number of ether oxygens (including phenoxy) is 2. The molecular weight excluding hydrogens is 336 g/mol. The first kappa shape index (κ1) is 23.1. The van der Waals surface area contributed by atoms with Crippen molar-refractivity contribution in [3.8, 4) is 0 Å². The summed E-state index contributed by atoms with van der Waals surface area (Å²) in [5, 5.41) is 18.0. The lowest BCUT2D eigenvalue weighted by Gasteiger charge is -2.25. The van der Waals surface area contributed by atoms with E-state index in [9.17, 15) is 9.59 Å². The van der Waals surface area contributed by atoms with E-state index in [2.05, 4.69) is 0 Å². The molecule has 0 aromatic rings. The van der Waals surface area contributed by atoms with Crippen molar-refractivity contribution in [3.63, 3.8) is 0 Å². The Kier molecular flexibility index (Phi) is 15.1. The summed E-state index contributed by atoms with van der Waals surface area (Å²) >= 11 is 1.69. The Morgan fingerprint density at radius 2 is 1.38 bits per heavy atom. The van der Waals surface area contributed by atoms with Crippen LogP contribution in [0.5, 0.6) is 0 Å². The molecule has 0 aliphatic carbocycles. The Morgan fingerprint density at radius 1 is 0.875 bits per heavy atom. The van der Waals surface area contributed by atoms with E-state index in [4.69, 9.17) is 19.7 Å². The highest BCUT2D eigenvalue weighted by Crippen LogP contribution is 1.96. The fourth-order valence-corrected chi connectivity index (χ4v) is 2.27. The zero-order chi connectivity index (χ0) is 18.2. The van der Waals surface area contributed by atoms with Crippen LogP contribution in [0.25, 0.3) is 0 Å². The van der Waals surface area contributed by atoms with Gasteiger partial charge >= 0.3 is 11.9 Å². The zero-order valence-electron chi connectivity index (χ0n) is 14.6. The summed E-state index contributed by atoms with van der Waals surface area (Å²) in [6.45, 7) is 5.81. The zero-order valence-corrected chi connectivity index (χ0v) is 15.4. The number of hydrogen-bond acceptors (Lipinski definition) is 7. The highest BCUT2D eigenvalue weighted by molar-refractivity contribution is 7.98. The van der Waals surface area contributed by atoms with Crippen LogP contribution in [0.15, 0.2) is 0 Å². The van der Waals surface area contributed by atoms with Gasteiger partial charge in [-0.1, -0.05) is 0 Å². The summed E-state index contributed by atoms with van der Waals surface area (Å²) in [7, 11) is 0. The minimum atomic E-state index is -0.906. The molecule has 0 spiro atoms. The molecule has 0 saturated carbocycles. The van der Waals surface area contributed by atoms with Crippen molar-refractivity contribution in [3.05, 3.63) is 0 Å². The molecule has 0 rings (SSSR count). The second-order valence-electron chi connectivity index (χ2n) is 5.14. The van der Waals surface area contributed by atoms with Crippen molar-refractivity contribution < 1.29 is 29.3 Å². The molecule has 0 aromatic carbocycles. The first-order valence-corrected chi connectivity index (χ1v) is 9.41. The van der Waals surface area contributed by atoms with E-state index in [1.165, 1.54) is 0 Å². The van der Waals surface area contributed by atoms with Gasteiger partial charge < -0.3 is 19.7 Å². The Labute approximate surface area is 148 Å². The minimum Gasteiger partial charge on any atom is -0.480 e. The lowest BCUT2D eigenvalue weighted by atomic mass is 10.4. The molecule has 0 saturated heterocycles. The summed E-state index contributed by atoms with van der Waals surface area (Å²) in [6.07, 6.45) is 2.00. The summed E-state index contributed by atoms with van der Waals surface area (Å²) in [4.78, 5) is 25.4. The molecule has 0 aromatic heterocycles. The molecule has 24 heavy (non-hydrogen) atoms. The summed E-state index contributed by atoms with van der Waals surface area (Å²) < 4.78 is 10.7. The quantitative estimate of drug-likeness (QED) is 0.349. The Hall–Kier alpha value is -0.870. The second-order valence-corrected chi connectivity index (χ2v) is 6.13. The van der Waals surface area contributed by atoms with Crippen molar-refractivity contribution in [2.24, 2.45) is 0 Å². The van der Waals surface area contributed by atoms with Crippen molar-refractivity contribution in [1.82, 2.24) is 9.80 Å². The first-order valence-electron chi connectivity index (χ1n) is 8.02. The van der Waals surface area contributed by atoms with Crippen LogP contribution >= 0.6 is 11.8 Å². The highest BCUT2D eigenvalue weighted by atomic mass is 32.2. The van der Waals surface area contributed by atoms with Crippen LogP contribution in [-0.2, 0) is 19.1 Å². The molecule has 142 valence electrons. The summed E-state index contributed by atoms with van der Waals surface area (Å²) in [5.41, 5.74) is 0. The monoisotopic (exact) mass is 366 g/mol. The van der Waals surface area contributed by atoms with E-state index < -0.39 is 11.9 Å². The predicted molar refractivity (Wildman–Crippen MR) is 93.8 cm³/mol. The second kappa shape index (κ2) is 15.6. The van der Waals surface area contributed by atoms with Gasteiger partial charge in [0.15, 0.2) is 0 Å². The molecule has 0 atom stereocenters. The van der Waals surface area contributed by atoms with Crippen LogP contribution in [0.1, 0.15) is 6.92 Å². The van der Waals surface area contributed by atoms with Crippen LogP contribution in [0.3, 0.4) is 0 Å². The Morgan fingerprint density at radius 3 is 1.79 bits per heavy atom. The third-order valence-electron chi connectivity index (χ3n) is 3.19. The number of hydrogen-bond donors (Lipinski definition) is 2. The number of rotatable bonds is 17. The SMILES string of the molecule is CCOCCN(CCN(CCOCCSC)CC(=O)O)CC(=O)O. The molecule has 0 bridgehead atoms. The third kappa shape index (κ3) is 14.7. The minimum absolute atomic E-state index is 0.0851. The predicted octanol–water partition coefficient (Wildman–Crippen LogP) is 0.176. The first-order chi connectivity index (χ1) is 11.5. The van der Waals surface area contributed by atoms with Gasteiger partial charge in [-0.05, 0) is 13.2 Å². The van der Waals surface area contributed by atoms with Gasteiger partial charge in [0.1, 0.15) is 0 Å². The van der Waals surface area contributed by atoms with Crippen molar-refractivity contribution in [2.75, 3.05) is 77.7 Å². The lowest BCUT2D eigenvalue weighted by Crippen LogP contribution is -2.42. The largest absolute Gasteiger partial charge is 0.480 e. The number of carbonyl (C=O) groups is 2. The average molecular weight is 366 g/mol. The summed E-state index contributed by atoms with van der Waals surface area (Å²) in [5.74, 6) is -0.905. The molecule has 0 radical (unpaired) electrons. The molecule has 9 heteroatoms. The number of carboxylic acids is 2. The molecule has 0 aliphatic heterocycles. The molecule has 0 heterocycles. The fraction of sp³-hybridized carbons (Fsp3) is 0.867. The van der Waals surface area contributed by atoms with Gasteiger partial charge in [0, 0.05) is 38.5 Å². The van der Waals surface area contributed by atoms with Crippen LogP contribution < -0.4 is 0 Å². The molecule has 0 aliphatic rings. The van der Waals surface area contributed by atoms with E-state index in [0.29, 0.717) is 52.6 Å². The van der Waals surface area contributed by atoms with Gasteiger partial charge in [-0.2, -0.15) is 11.8 Å². The summed E-state index contributed by atoms with van der Waals surface area (Å²) in [6, 6.07) is 0. The van der Waals surface area contributed by atoms with Gasteiger partial charge in [-0.25, -0.2) is 0 Å². The van der Waals surface area contributed by atoms with Gasteiger partial charge in [0.2, 0.25) is 0 Å². The van der Waals surface area contributed by atoms with Crippen LogP contribution in [-0.4, -0.2) is 110 Å². The topological polar surface area (TPSA) is 99.5 Å². The smallest absolute Gasteiger partial charge is 0.317 e. The van der Waals surface area contributed by atoms with Crippen molar-refractivity contribution in [2.45, 2.75) is 6.92 Å². The normalized spacial score (nSPS) is 11.3. The van der Waals surface area contributed by atoms with Crippen molar-refractivity contribution >= 4 is 23.7 Å². The van der Waals surface area contributed by atoms with E-state index in [1.54, 1.807) is 21.6 Å². The Bertz CT molecular complexity index is 346. The van der Waals surface area contributed by atoms with E-state index in [0.717, 1.165) is 5.75 Å². The molecular formula is C15H30N2O6S. The van der Waals surface area contributed by atoms with E-state index in [-0.39, 0.29) is 13.1 Å². The molecule has 2 N–H and O–H groups in total. The number of carboxylic acid groups (broad SMARTS) is 2. The molecule has 0 unspecified atom stereocenters. The molecule has 8 nitrogen and oxygen atoms in total. The van der Waals surface area contributed by atoms with E-state index >= 15 is 0 Å². The maximum atomic E-state index is 11.0. The van der Waals surface area contributed by atoms with Gasteiger partial charge in [-0.3, -0.25) is 19.4 Å². The van der Waals surface area contributed by atoms with Gasteiger partial charge in [0.25, 0.3) is 0 Å². The molecule has 0 amide bonds. The molecule has 0 fully saturated rings. The maximum absolute atomic E-state index is 11.0. The van der Waals surface area contributed by atoms with Crippen LogP contribution in [0, 0.1) is 0 Å². The third-order valence-corrected chi connectivity index (χ3v) is 3.76. The number of thioether (sulfide) groups is 1. The van der Waals surface area contributed by atoms with Gasteiger partial charge in [0.05, 0.1) is 32.9 Å². The van der Waals surface area contributed by atoms with Crippen LogP contribution in [0.4, 0.5) is 0 Å². The van der Waals surface area contributed by atoms with Crippen molar-refractivity contribution in [1.29, 1.82) is 0 Å². The maximum Gasteiger partial charge on any atom is 0.317 e. The Balaban J connectivity index is 4.28. The average Bonchev–Trinajstić information content (AvgIpc) is 2.51. The number of nitrogens with zero attached hydrogens (tertiary/aromatic N) is 2. The van der Waals surface area contributed by atoms with Crippen LogP contribution in [0.2, 0.25) is 0 Å². The van der Waals surface area contributed by atoms with Gasteiger partial charge in [-0.15, -0.1) is 0 Å². The lowest BCUT2D eigenvalue weighted by molar-refractivity contribution is -0.140. The fourth-order valence-electron chi connectivity index (χ4n) is 1.98. The standard InChI is InChI=1S/C15H30N2O6S/c1-3-22-8-6-16(12-14(18)19)4-5-17(13-15(20)21)7-9-23-10-11-24-2/h3-13H2,1-2H3,(H,18,19)(H,20,21). The van der Waals surface area contributed by atoms with E-state index in [1.807, 2.05) is 13.2 Å². The number of aliphatic carboxylic acids is 2. The highest BCUT2D eigenvalue weighted by Gasteiger charge is 2.14.